The standard InChI is InChI=1S/C21H24N4O/c22-18-13-7-8-14-19(18)23-25(17-11-5-2-6-12-17)21-15-20(24-26-21)16-9-3-1-4-10-16/h1-6,9-12,15,18-19,23H,7-8,13-14,22H2. The van der Waals surface area contributed by atoms with E-state index in [0.29, 0.717) is 5.88 Å². The summed E-state index contributed by atoms with van der Waals surface area (Å²) in [5.74, 6) is 0.660. The van der Waals surface area contributed by atoms with E-state index in [4.69, 9.17) is 10.3 Å². The first-order valence-corrected chi connectivity index (χ1v) is 9.20. The number of nitrogens with one attached hydrogen (secondary N) is 1. The molecule has 0 spiro atoms. The zero-order valence-corrected chi connectivity index (χ0v) is 14.7. The molecule has 1 fully saturated rings. The minimum Gasteiger partial charge on any atom is -0.336 e. The van der Waals surface area contributed by atoms with Crippen molar-refractivity contribution < 1.29 is 4.52 Å². The van der Waals surface area contributed by atoms with Gasteiger partial charge in [-0.1, -0.05) is 66.5 Å². The maximum Gasteiger partial charge on any atom is 0.246 e. The third-order valence-electron chi connectivity index (χ3n) is 4.92. The number of para-hydroxylation sites is 1. The first kappa shape index (κ1) is 16.8. The smallest absolute Gasteiger partial charge is 0.246 e. The number of benzene rings is 2. The first-order chi connectivity index (χ1) is 12.8. The molecule has 1 saturated carbocycles. The number of aromatic nitrogens is 1. The maximum absolute atomic E-state index is 6.34. The molecule has 3 N–H and O–H groups in total. The Morgan fingerprint density at radius 3 is 2.38 bits per heavy atom. The number of nitrogens with zero attached hydrogens (tertiary/aromatic N) is 2. The van der Waals surface area contributed by atoms with Gasteiger partial charge in [0.1, 0.15) is 5.69 Å². The van der Waals surface area contributed by atoms with E-state index < -0.39 is 0 Å². The van der Waals surface area contributed by atoms with Gasteiger partial charge >= 0.3 is 0 Å². The van der Waals surface area contributed by atoms with Gasteiger partial charge in [0.2, 0.25) is 5.88 Å². The van der Waals surface area contributed by atoms with Gasteiger partial charge in [-0.25, -0.2) is 10.4 Å². The molecule has 0 amide bonds. The van der Waals surface area contributed by atoms with Crippen LogP contribution in [-0.4, -0.2) is 17.2 Å². The lowest BCUT2D eigenvalue weighted by molar-refractivity contribution is 0.319. The van der Waals surface area contributed by atoms with Gasteiger partial charge in [0.05, 0.1) is 5.69 Å². The predicted molar refractivity (Wildman–Crippen MR) is 104 cm³/mol. The Labute approximate surface area is 153 Å². The SMILES string of the molecule is NC1CCCCC1NN(c1ccccc1)c1cc(-c2ccccc2)no1. The lowest BCUT2D eigenvalue weighted by Gasteiger charge is -2.34. The Morgan fingerprint density at radius 2 is 1.65 bits per heavy atom. The molecule has 0 bridgehead atoms. The molecule has 0 saturated heterocycles. The summed E-state index contributed by atoms with van der Waals surface area (Å²) in [6, 6.07) is 22.5. The van der Waals surface area contributed by atoms with E-state index in [9.17, 15) is 0 Å². The Morgan fingerprint density at radius 1 is 0.962 bits per heavy atom. The lowest BCUT2D eigenvalue weighted by Crippen LogP contribution is -2.52. The summed E-state index contributed by atoms with van der Waals surface area (Å²) in [4.78, 5) is 0. The molecule has 134 valence electrons. The summed E-state index contributed by atoms with van der Waals surface area (Å²) in [6.07, 6.45) is 4.50. The number of hydrogen-bond acceptors (Lipinski definition) is 5. The van der Waals surface area contributed by atoms with Crippen LogP contribution in [0.1, 0.15) is 25.7 Å². The molecular weight excluding hydrogens is 324 g/mol. The molecule has 2 aromatic carbocycles. The molecule has 0 aliphatic heterocycles. The molecule has 26 heavy (non-hydrogen) atoms. The van der Waals surface area contributed by atoms with Gasteiger partial charge in [0, 0.05) is 23.7 Å². The van der Waals surface area contributed by atoms with E-state index in [1.54, 1.807) is 0 Å². The summed E-state index contributed by atoms with van der Waals surface area (Å²) >= 11 is 0. The molecule has 4 rings (SSSR count). The highest BCUT2D eigenvalue weighted by atomic mass is 16.5. The zero-order valence-electron chi connectivity index (χ0n) is 14.7. The number of rotatable bonds is 5. The van der Waals surface area contributed by atoms with Gasteiger partial charge in [-0.05, 0) is 25.0 Å². The van der Waals surface area contributed by atoms with Crippen molar-refractivity contribution in [2.75, 3.05) is 5.01 Å². The molecular formula is C21H24N4O. The molecule has 1 aliphatic carbocycles. The van der Waals surface area contributed by atoms with Crippen LogP contribution in [0.3, 0.4) is 0 Å². The molecule has 2 atom stereocenters. The van der Waals surface area contributed by atoms with E-state index in [1.807, 2.05) is 71.7 Å². The van der Waals surface area contributed by atoms with Crippen molar-refractivity contribution in [2.45, 2.75) is 37.8 Å². The van der Waals surface area contributed by atoms with Crippen molar-refractivity contribution in [3.63, 3.8) is 0 Å². The van der Waals surface area contributed by atoms with Gasteiger partial charge in [0.15, 0.2) is 0 Å². The van der Waals surface area contributed by atoms with Crippen LogP contribution in [0.5, 0.6) is 0 Å². The van der Waals surface area contributed by atoms with Gasteiger partial charge in [-0.2, -0.15) is 0 Å². The molecule has 5 nitrogen and oxygen atoms in total. The number of hydrogen-bond donors (Lipinski definition) is 2. The molecule has 0 radical (unpaired) electrons. The van der Waals surface area contributed by atoms with Crippen molar-refractivity contribution in [3.8, 4) is 11.3 Å². The van der Waals surface area contributed by atoms with Crippen LogP contribution >= 0.6 is 0 Å². The van der Waals surface area contributed by atoms with Crippen LogP contribution in [0.4, 0.5) is 11.6 Å². The Bertz CT molecular complexity index is 818. The Kier molecular flexibility index (Phi) is 5.00. The lowest BCUT2D eigenvalue weighted by atomic mass is 9.91. The second kappa shape index (κ2) is 7.72. The van der Waals surface area contributed by atoms with Crippen LogP contribution in [0, 0.1) is 0 Å². The molecule has 1 aliphatic rings. The molecule has 3 aromatic rings. The molecule has 1 heterocycles. The van der Waals surface area contributed by atoms with Crippen molar-refractivity contribution in [3.05, 3.63) is 66.7 Å². The van der Waals surface area contributed by atoms with Gasteiger partial charge in [-0.15, -0.1) is 0 Å². The normalized spacial score (nSPS) is 20.0. The second-order valence-electron chi connectivity index (χ2n) is 6.77. The average molecular weight is 348 g/mol. The quantitative estimate of drug-likeness (QED) is 0.675. The van der Waals surface area contributed by atoms with Gasteiger partial charge < -0.3 is 10.3 Å². The highest BCUT2D eigenvalue weighted by Gasteiger charge is 2.26. The second-order valence-corrected chi connectivity index (χ2v) is 6.77. The Hall–Kier alpha value is -2.63. The number of anilines is 2. The third-order valence-corrected chi connectivity index (χ3v) is 4.92. The summed E-state index contributed by atoms with van der Waals surface area (Å²) in [5, 5.41) is 6.22. The number of hydrazine groups is 1. The van der Waals surface area contributed by atoms with Crippen LogP contribution < -0.4 is 16.2 Å². The van der Waals surface area contributed by atoms with Gasteiger partial charge in [0.25, 0.3) is 0 Å². The summed E-state index contributed by atoms with van der Waals surface area (Å²) < 4.78 is 5.69. The monoisotopic (exact) mass is 348 g/mol. The minimum absolute atomic E-state index is 0.145. The average Bonchev–Trinajstić information content (AvgIpc) is 3.19. The summed E-state index contributed by atoms with van der Waals surface area (Å²) in [6.45, 7) is 0. The van der Waals surface area contributed by atoms with Crippen molar-refractivity contribution in [1.82, 2.24) is 10.6 Å². The molecule has 5 heteroatoms. The minimum atomic E-state index is 0.145. The Balaban J connectivity index is 1.64. The fraction of sp³-hybridized carbons (Fsp3) is 0.286. The van der Waals surface area contributed by atoms with E-state index in [-0.39, 0.29) is 12.1 Å². The predicted octanol–water partition coefficient (Wildman–Crippen LogP) is 4.25. The highest BCUT2D eigenvalue weighted by molar-refractivity contribution is 5.65. The zero-order chi connectivity index (χ0) is 17.8. The first-order valence-electron chi connectivity index (χ1n) is 9.20. The number of nitrogens with two attached hydrogens (primary N) is 1. The third kappa shape index (κ3) is 3.64. The van der Waals surface area contributed by atoms with E-state index in [1.165, 1.54) is 12.8 Å². The fourth-order valence-corrected chi connectivity index (χ4v) is 3.44. The fourth-order valence-electron chi connectivity index (χ4n) is 3.44. The van der Waals surface area contributed by atoms with Crippen molar-refractivity contribution >= 4 is 11.6 Å². The van der Waals surface area contributed by atoms with Crippen molar-refractivity contribution in [1.29, 1.82) is 0 Å². The van der Waals surface area contributed by atoms with Crippen LogP contribution in [0.2, 0.25) is 0 Å². The largest absolute Gasteiger partial charge is 0.336 e. The molecule has 2 unspecified atom stereocenters. The summed E-state index contributed by atoms with van der Waals surface area (Å²) in [7, 11) is 0. The van der Waals surface area contributed by atoms with Crippen LogP contribution in [-0.2, 0) is 0 Å². The van der Waals surface area contributed by atoms with Crippen LogP contribution in [0.15, 0.2) is 71.3 Å². The topological polar surface area (TPSA) is 67.3 Å². The van der Waals surface area contributed by atoms with E-state index >= 15 is 0 Å². The van der Waals surface area contributed by atoms with E-state index in [0.717, 1.165) is 29.8 Å². The van der Waals surface area contributed by atoms with Crippen LogP contribution in [0.25, 0.3) is 11.3 Å². The maximum atomic E-state index is 6.34. The summed E-state index contributed by atoms with van der Waals surface area (Å²) in [5.41, 5.74) is 12.8. The highest BCUT2D eigenvalue weighted by Crippen LogP contribution is 2.29. The van der Waals surface area contributed by atoms with E-state index in [2.05, 4.69) is 10.6 Å². The molecule has 1 aromatic heterocycles. The van der Waals surface area contributed by atoms with Crippen molar-refractivity contribution in [2.24, 2.45) is 5.73 Å². The van der Waals surface area contributed by atoms with Gasteiger partial charge in [-0.3, -0.25) is 0 Å².